The van der Waals surface area contributed by atoms with E-state index in [0.717, 1.165) is 75.7 Å². The predicted molar refractivity (Wildman–Crippen MR) is 155 cm³/mol. The SMILES string of the molecule is CCc1nc(-c2ccc(C(N)=O)c(NC3CCC(O)CC3)c2)c2cccc(-c3cnc4ccccc4c3)c2n1. The third-order valence-corrected chi connectivity index (χ3v) is 7.61. The molecular weight excluding hydrogens is 486 g/mol. The summed E-state index contributed by atoms with van der Waals surface area (Å²) in [5.74, 6) is 0.265. The molecule has 39 heavy (non-hydrogen) atoms. The number of para-hydroxylation sites is 2. The maximum atomic E-state index is 12.3. The van der Waals surface area contributed by atoms with Gasteiger partial charge in [0.1, 0.15) is 5.82 Å². The number of benzene rings is 3. The highest BCUT2D eigenvalue weighted by Crippen LogP contribution is 2.35. The second-order valence-electron chi connectivity index (χ2n) is 10.2. The Morgan fingerprint density at radius 1 is 0.974 bits per heavy atom. The van der Waals surface area contributed by atoms with Crippen molar-refractivity contribution >= 4 is 33.4 Å². The molecule has 1 saturated carbocycles. The first-order chi connectivity index (χ1) is 19.0. The molecule has 1 aliphatic rings. The van der Waals surface area contributed by atoms with E-state index in [2.05, 4.69) is 28.5 Å². The number of amides is 1. The van der Waals surface area contributed by atoms with Gasteiger partial charge < -0.3 is 16.2 Å². The van der Waals surface area contributed by atoms with Crippen molar-refractivity contribution in [1.29, 1.82) is 0 Å². The Morgan fingerprint density at radius 3 is 2.59 bits per heavy atom. The van der Waals surface area contributed by atoms with Gasteiger partial charge in [-0.1, -0.05) is 49.4 Å². The summed E-state index contributed by atoms with van der Waals surface area (Å²) in [7, 11) is 0. The molecule has 0 unspecified atom stereocenters. The van der Waals surface area contributed by atoms with E-state index in [4.69, 9.17) is 15.7 Å². The van der Waals surface area contributed by atoms with Crippen LogP contribution in [0.1, 0.15) is 48.8 Å². The van der Waals surface area contributed by atoms with E-state index < -0.39 is 5.91 Å². The molecule has 6 rings (SSSR count). The van der Waals surface area contributed by atoms with E-state index in [0.29, 0.717) is 17.7 Å². The second-order valence-corrected chi connectivity index (χ2v) is 10.2. The monoisotopic (exact) mass is 517 g/mol. The number of anilines is 1. The Kier molecular flexibility index (Phi) is 6.67. The van der Waals surface area contributed by atoms with Crippen LogP contribution >= 0.6 is 0 Å². The van der Waals surface area contributed by atoms with Crippen molar-refractivity contribution in [2.24, 2.45) is 5.73 Å². The summed E-state index contributed by atoms with van der Waals surface area (Å²) in [6.07, 6.45) is 5.49. The van der Waals surface area contributed by atoms with Crippen LogP contribution in [0.2, 0.25) is 0 Å². The Morgan fingerprint density at radius 2 is 1.79 bits per heavy atom. The highest BCUT2D eigenvalue weighted by atomic mass is 16.3. The molecule has 0 radical (unpaired) electrons. The number of nitrogens with zero attached hydrogens (tertiary/aromatic N) is 3. The molecule has 7 nitrogen and oxygen atoms in total. The third kappa shape index (κ3) is 4.93. The summed E-state index contributed by atoms with van der Waals surface area (Å²) in [6.45, 7) is 2.05. The van der Waals surface area contributed by atoms with Gasteiger partial charge in [0.2, 0.25) is 0 Å². The third-order valence-electron chi connectivity index (χ3n) is 7.61. The van der Waals surface area contributed by atoms with Crippen LogP contribution in [-0.4, -0.2) is 38.1 Å². The average Bonchev–Trinajstić information content (AvgIpc) is 2.97. The summed E-state index contributed by atoms with van der Waals surface area (Å²) >= 11 is 0. The average molecular weight is 518 g/mol. The van der Waals surface area contributed by atoms with Crippen molar-refractivity contribution in [3.05, 3.63) is 84.3 Å². The van der Waals surface area contributed by atoms with E-state index >= 15 is 0 Å². The lowest BCUT2D eigenvalue weighted by molar-refractivity contribution is 0.100. The number of carbonyl (C=O) groups is 1. The number of carbonyl (C=O) groups excluding carboxylic acids is 1. The number of hydrogen-bond acceptors (Lipinski definition) is 6. The molecule has 0 atom stereocenters. The Balaban J connectivity index is 1.48. The van der Waals surface area contributed by atoms with Gasteiger partial charge in [-0.05, 0) is 49.9 Å². The van der Waals surface area contributed by atoms with Crippen molar-refractivity contribution in [3.63, 3.8) is 0 Å². The van der Waals surface area contributed by atoms with Gasteiger partial charge >= 0.3 is 0 Å². The summed E-state index contributed by atoms with van der Waals surface area (Å²) < 4.78 is 0. The van der Waals surface area contributed by atoms with Gasteiger partial charge in [-0.3, -0.25) is 9.78 Å². The summed E-state index contributed by atoms with van der Waals surface area (Å²) in [5.41, 5.74) is 12.4. The molecule has 1 aliphatic carbocycles. The van der Waals surface area contributed by atoms with Crippen LogP contribution in [0.4, 0.5) is 5.69 Å². The highest BCUT2D eigenvalue weighted by molar-refractivity contribution is 6.03. The number of nitrogens with two attached hydrogens (primary N) is 1. The first kappa shape index (κ1) is 24.9. The molecule has 0 spiro atoms. The molecule has 1 fully saturated rings. The molecule has 4 N–H and O–H groups in total. The number of primary amides is 1. The fourth-order valence-electron chi connectivity index (χ4n) is 5.49. The van der Waals surface area contributed by atoms with E-state index in [-0.39, 0.29) is 12.1 Å². The van der Waals surface area contributed by atoms with Gasteiger partial charge in [0.25, 0.3) is 5.91 Å². The summed E-state index contributed by atoms with van der Waals surface area (Å²) in [6, 6.07) is 22.2. The van der Waals surface area contributed by atoms with Gasteiger partial charge in [-0.15, -0.1) is 0 Å². The van der Waals surface area contributed by atoms with Crippen molar-refractivity contribution in [2.45, 2.75) is 51.2 Å². The second kappa shape index (κ2) is 10.4. The van der Waals surface area contributed by atoms with Crippen LogP contribution in [0.5, 0.6) is 0 Å². The normalized spacial score (nSPS) is 17.4. The van der Waals surface area contributed by atoms with Gasteiger partial charge in [0.05, 0.1) is 28.4 Å². The molecule has 0 aliphatic heterocycles. The van der Waals surface area contributed by atoms with Crippen LogP contribution in [-0.2, 0) is 6.42 Å². The number of nitrogens with one attached hydrogen (secondary N) is 1. The lowest BCUT2D eigenvalue weighted by Gasteiger charge is -2.28. The fraction of sp³-hybridized carbons (Fsp3) is 0.250. The highest BCUT2D eigenvalue weighted by Gasteiger charge is 2.22. The topological polar surface area (TPSA) is 114 Å². The lowest BCUT2D eigenvalue weighted by atomic mass is 9.92. The van der Waals surface area contributed by atoms with E-state index in [1.165, 1.54) is 0 Å². The van der Waals surface area contributed by atoms with Crippen LogP contribution in [0.25, 0.3) is 44.2 Å². The first-order valence-corrected chi connectivity index (χ1v) is 13.5. The fourth-order valence-corrected chi connectivity index (χ4v) is 5.49. The largest absolute Gasteiger partial charge is 0.393 e. The molecular formula is C32H31N5O2. The maximum absolute atomic E-state index is 12.3. The smallest absolute Gasteiger partial charge is 0.250 e. The number of fused-ring (bicyclic) bond motifs is 2. The van der Waals surface area contributed by atoms with Crippen molar-refractivity contribution < 1.29 is 9.90 Å². The molecule has 7 heteroatoms. The number of aliphatic hydroxyl groups is 1. The molecule has 3 aromatic carbocycles. The molecule has 5 aromatic rings. The Labute approximate surface area is 227 Å². The van der Waals surface area contributed by atoms with Crippen LogP contribution in [0.3, 0.4) is 0 Å². The molecule has 0 saturated heterocycles. The molecule has 2 aromatic heterocycles. The number of aromatic nitrogens is 3. The summed E-state index contributed by atoms with van der Waals surface area (Å²) in [4.78, 5) is 26.9. The predicted octanol–water partition coefficient (Wildman–Crippen LogP) is 5.89. The number of aryl methyl sites for hydroxylation is 1. The number of aliphatic hydroxyl groups excluding tert-OH is 1. The minimum Gasteiger partial charge on any atom is -0.393 e. The minimum atomic E-state index is -0.479. The Hall–Kier alpha value is -4.36. The summed E-state index contributed by atoms with van der Waals surface area (Å²) in [5, 5.41) is 15.4. The van der Waals surface area contributed by atoms with Crippen LogP contribution in [0.15, 0.2) is 72.9 Å². The van der Waals surface area contributed by atoms with Crippen LogP contribution < -0.4 is 11.1 Å². The molecule has 2 heterocycles. The van der Waals surface area contributed by atoms with E-state index in [1.807, 2.05) is 55.6 Å². The van der Waals surface area contributed by atoms with Crippen molar-refractivity contribution in [1.82, 2.24) is 15.0 Å². The number of rotatable bonds is 6. The van der Waals surface area contributed by atoms with E-state index in [1.54, 1.807) is 6.07 Å². The molecule has 1 amide bonds. The lowest BCUT2D eigenvalue weighted by Crippen LogP contribution is -2.29. The van der Waals surface area contributed by atoms with Crippen molar-refractivity contribution in [3.8, 4) is 22.4 Å². The minimum absolute atomic E-state index is 0.169. The maximum Gasteiger partial charge on any atom is 0.250 e. The zero-order valence-corrected chi connectivity index (χ0v) is 21.9. The van der Waals surface area contributed by atoms with Gasteiger partial charge in [0, 0.05) is 51.8 Å². The molecule has 196 valence electrons. The van der Waals surface area contributed by atoms with Gasteiger partial charge in [-0.25, -0.2) is 9.97 Å². The standard InChI is InChI=1S/C32H31N5O2/c1-2-29-36-30(20-10-15-25(32(33)39)28(17-20)35-22-11-13-23(38)14-12-22)26-8-5-7-24(31(26)37-29)21-16-19-6-3-4-9-27(19)34-18-21/h3-10,15-18,22-23,35,38H,2,11-14H2,1H3,(H2,33,39). The number of hydrogen-bond donors (Lipinski definition) is 3. The van der Waals surface area contributed by atoms with E-state index in [9.17, 15) is 9.90 Å². The van der Waals surface area contributed by atoms with Gasteiger partial charge in [-0.2, -0.15) is 0 Å². The van der Waals surface area contributed by atoms with Crippen molar-refractivity contribution in [2.75, 3.05) is 5.32 Å². The molecule has 0 bridgehead atoms. The zero-order valence-electron chi connectivity index (χ0n) is 21.9. The van der Waals surface area contributed by atoms with Gasteiger partial charge in [0.15, 0.2) is 0 Å². The van der Waals surface area contributed by atoms with Crippen LogP contribution in [0, 0.1) is 0 Å². The number of pyridine rings is 1. The zero-order chi connectivity index (χ0) is 26.9. The Bertz CT molecular complexity index is 1690. The first-order valence-electron chi connectivity index (χ1n) is 13.5. The quantitative estimate of drug-likeness (QED) is 0.259.